The van der Waals surface area contributed by atoms with Gasteiger partial charge in [-0.3, -0.25) is 4.90 Å². The summed E-state index contributed by atoms with van der Waals surface area (Å²) < 4.78 is 0. The van der Waals surface area contributed by atoms with Crippen molar-refractivity contribution < 1.29 is 10.2 Å². The van der Waals surface area contributed by atoms with Crippen LogP contribution in [0.3, 0.4) is 0 Å². The first-order valence-corrected chi connectivity index (χ1v) is 8.76. The van der Waals surface area contributed by atoms with Gasteiger partial charge in [0.25, 0.3) is 0 Å². The molecule has 0 unspecified atom stereocenters. The topological polar surface area (TPSA) is 43.7 Å². The van der Waals surface area contributed by atoms with Gasteiger partial charge in [0.2, 0.25) is 0 Å². The van der Waals surface area contributed by atoms with Crippen molar-refractivity contribution in [2.24, 2.45) is 0 Å². The first kappa shape index (κ1) is 17.2. The normalized spacial score (nSPS) is 20.5. The maximum atomic E-state index is 10.9. The van der Waals surface area contributed by atoms with Crippen LogP contribution in [-0.2, 0) is 5.60 Å². The summed E-state index contributed by atoms with van der Waals surface area (Å²) in [7, 11) is 0. The van der Waals surface area contributed by atoms with Gasteiger partial charge in [-0.15, -0.1) is 0 Å². The van der Waals surface area contributed by atoms with E-state index >= 15 is 0 Å². The van der Waals surface area contributed by atoms with E-state index in [1.54, 1.807) is 0 Å². The minimum atomic E-state index is -0.744. The van der Waals surface area contributed by atoms with Crippen LogP contribution in [0.15, 0.2) is 54.6 Å². The number of hydrogen-bond acceptors (Lipinski definition) is 3. The van der Waals surface area contributed by atoms with E-state index in [0.29, 0.717) is 12.8 Å². The first-order chi connectivity index (χ1) is 11.5. The van der Waals surface area contributed by atoms with Crippen LogP contribution in [0.5, 0.6) is 0 Å². The maximum absolute atomic E-state index is 10.9. The average molecular weight is 325 g/mol. The highest BCUT2D eigenvalue weighted by Gasteiger charge is 2.36. The fourth-order valence-electron chi connectivity index (χ4n) is 3.58. The molecule has 24 heavy (non-hydrogen) atoms. The Hall–Kier alpha value is -1.68. The van der Waals surface area contributed by atoms with E-state index in [9.17, 15) is 10.2 Å². The lowest BCUT2D eigenvalue weighted by Crippen LogP contribution is -2.47. The van der Waals surface area contributed by atoms with Crippen molar-refractivity contribution in [3.05, 3.63) is 71.3 Å². The summed E-state index contributed by atoms with van der Waals surface area (Å²) in [6.45, 7) is 5.69. The molecule has 128 valence electrons. The zero-order valence-corrected chi connectivity index (χ0v) is 14.5. The van der Waals surface area contributed by atoms with Crippen molar-refractivity contribution in [3.8, 4) is 0 Å². The van der Waals surface area contributed by atoms with Crippen molar-refractivity contribution in [1.82, 2.24) is 4.90 Å². The summed E-state index contributed by atoms with van der Waals surface area (Å²) in [4.78, 5) is 2.28. The highest BCUT2D eigenvalue weighted by molar-refractivity contribution is 5.25. The molecule has 0 aliphatic carbocycles. The zero-order valence-electron chi connectivity index (χ0n) is 14.5. The third-order valence-corrected chi connectivity index (χ3v) is 5.39. The Kier molecular flexibility index (Phi) is 5.04. The van der Waals surface area contributed by atoms with E-state index in [4.69, 9.17) is 0 Å². The molecule has 3 nitrogen and oxygen atoms in total. The van der Waals surface area contributed by atoms with Crippen molar-refractivity contribution in [3.63, 3.8) is 0 Å². The highest BCUT2D eigenvalue weighted by Crippen LogP contribution is 2.34. The fourth-order valence-corrected chi connectivity index (χ4v) is 3.58. The van der Waals surface area contributed by atoms with Crippen LogP contribution in [0, 0.1) is 6.92 Å². The Morgan fingerprint density at radius 3 is 2.12 bits per heavy atom. The van der Waals surface area contributed by atoms with Gasteiger partial charge in [-0.2, -0.15) is 0 Å². The molecule has 2 aromatic rings. The lowest BCUT2D eigenvalue weighted by Gasteiger charge is -2.42. The first-order valence-electron chi connectivity index (χ1n) is 8.76. The second kappa shape index (κ2) is 7.06. The number of benzene rings is 2. The van der Waals surface area contributed by atoms with Crippen LogP contribution in [0.25, 0.3) is 0 Å². The van der Waals surface area contributed by atoms with E-state index in [0.717, 1.165) is 24.2 Å². The van der Waals surface area contributed by atoms with Crippen LogP contribution in [-0.4, -0.2) is 34.2 Å². The third-order valence-electron chi connectivity index (χ3n) is 5.39. The summed E-state index contributed by atoms with van der Waals surface area (Å²) in [5.41, 5.74) is 2.41. The van der Waals surface area contributed by atoms with Gasteiger partial charge in [0, 0.05) is 19.1 Å². The minimum Gasteiger partial charge on any atom is -0.387 e. The Bertz CT molecular complexity index is 645. The summed E-state index contributed by atoms with van der Waals surface area (Å²) in [5.74, 6) is 0. The number of aryl methyl sites for hydroxylation is 1. The van der Waals surface area contributed by atoms with Crippen molar-refractivity contribution in [1.29, 1.82) is 0 Å². The summed E-state index contributed by atoms with van der Waals surface area (Å²) in [6.07, 6.45) is 0.887. The van der Waals surface area contributed by atoms with E-state index in [1.807, 2.05) is 54.6 Å². The van der Waals surface area contributed by atoms with Gasteiger partial charge < -0.3 is 10.2 Å². The molecule has 3 heteroatoms. The lowest BCUT2D eigenvalue weighted by atomic mass is 9.83. The summed E-state index contributed by atoms with van der Waals surface area (Å²) >= 11 is 0. The van der Waals surface area contributed by atoms with Gasteiger partial charge in [0.15, 0.2) is 0 Å². The molecule has 1 fully saturated rings. The lowest BCUT2D eigenvalue weighted by molar-refractivity contribution is -0.0501. The molecule has 0 spiro atoms. The SMILES string of the molecule is Cc1ccc([C@H](O)[C@@H](C)N2CCC(O)(c3ccccc3)CC2)cc1. The van der Waals surface area contributed by atoms with Gasteiger partial charge in [-0.25, -0.2) is 0 Å². The fraction of sp³-hybridized carbons (Fsp3) is 0.429. The molecule has 0 bridgehead atoms. The standard InChI is InChI=1S/C21H27NO2/c1-16-8-10-18(11-9-16)20(23)17(2)22-14-12-21(24,13-15-22)19-6-4-3-5-7-19/h3-11,17,20,23-24H,12-15H2,1-2H3/t17-,20-/m1/s1. The van der Waals surface area contributed by atoms with E-state index in [-0.39, 0.29) is 6.04 Å². The molecular weight excluding hydrogens is 298 g/mol. The number of hydrogen-bond donors (Lipinski definition) is 2. The third kappa shape index (κ3) is 3.54. The predicted molar refractivity (Wildman–Crippen MR) is 96.7 cm³/mol. The smallest absolute Gasteiger partial charge is 0.0942 e. The second-order valence-electron chi connectivity index (χ2n) is 7.03. The number of nitrogens with zero attached hydrogens (tertiary/aromatic N) is 1. The van der Waals surface area contributed by atoms with Crippen molar-refractivity contribution >= 4 is 0 Å². The zero-order chi connectivity index (χ0) is 17.2. The van der Waals surface area contributed by atoms with Crippen molar-refractivity contribution in [2.75, 3.05) is 13.1 Å². The van der Waals surface area contributed by atoms with Gasteiger partial charge in [-0.1, -0.05) is 60.2 Å². The Labute approximate surface area is 144 Å². The molecule has 2 aromatic carbocycles. The van der Waals surface area contributed by atoms with Gasteiger partial charge in [-0.05, 0) is 37.8 Å². The molecule has 1 heterocycles. The quantitative estimate of drug-likeness (QED) is 0.905. The molecule has 1 saturated heterocycles. The molecule has 1 aliphatic heterocycles. The Balaban J connectivity index is 1.64. The van der Waals surface area contributed by atoms with E-state index in [1.165, 1.54) is 5.56 Å². The van der Waals surface area contributed by atoms with E-state index < -0.39 is 11.7 Å². The highest BCUT2D eigenvalue weighted by atomic mass is 16.3. The van der Waals surface area contributed by atoms with Gasteiger partial charge >= 0.3 is 0 Å². The van der Waals surface area contributed by atoms with Gasteiger partial charge in [0.1, 0.15) is 0 Å². The van der Waals surface area contributed by atoms with Crippen LogP contribution in [0.1, 0.15) is 42.6 Å². The maximum Gasteiger partial charge on any atom is 0.0942 e. The molecular formula is C21H27NO2. The minimum absolute atomic E-state index is 0.0352. The largest absolute Gasteiger partial charge is 0.387 e. The summed E-state index contributed by atoms with van der Waals surface area (Å²) in [5, 5.41) is 21.6. The molecule has 0 radical (unpaired) electrons. The number of aliphatic hydroxyl groups excluding tert-OH is 1. The molecule has 0 aromatic heterocycles. The number of aliphatic hydroxyl groups is 2. The number of rotatable bonds is 4. The molecule has 0 saturated carbocycles. The number of likely N-dealkylation sites (tertiary alicyclic amines) is 1. The Morgan fingerprint density at radius 2 is 1.54 bits per heavy atom. The van der Waals surface area contributed by atoms with Gasteiger partial charge in [0.05, 0.1) is 11.7 Å². The van der Waals surface area contributed by atoms with Crippen molar-refractivity contribution in [2.45, 2.75) is 44.4 Å². The number of piperidine rings is 1. The monoisotopic (exact) mass is 325 g/mol. The van der Waals surface area contributed by atoms with E-state index in [2.05, 4.69) is 18.7 Å². The molecule has 2 N–H and O–H groups in total. The van der Waals surface area contributed by atoms with Crippen LogP contribution < -0.4 is 0 Å². The average Bonchev–Trinajstić information content (AvgIpc) is 2.62. The summed E-state index contributed by atoms with van der Waals surface area (Å²) in [6, 6.07) is 18.0. The Morgan fingerprint density at radius 1 is 0.958 bits per heavy atom. The predicted octanol–water partition coefficient (Wildman–Crippen LogP) is 3.40. The van der Waals surface area contributed by atoms with Crippen LogP contribution >= 0.6 is 0 Å². The van der Waals surface area contributed by atoms with Crippen LogP contribution in [0.2, 0.25) is 0 Å². The molecule has 3 rings (SSSR count). The second-order valence-corrected chi connectivity index (χ2v) is 7.03. The molecule has 1 aliphatic rings. The van der Waals surface area contributed by atoms with Crippen LogP contribution in [0.4, 0.5) is 0 Å². The molecule has 2 atom stereocenters. The molecule has 0 amide bonds.